The molecule has 1 heterocycles. The van der Waals surface area contributed by atoms with E-state index in [1.54, 1.807) is 18.3 Å². The average molecular weight is 400 g/mol. The molecule has 1 aromatic heterocycles. The molecule has 0 fully saturated rings. The van der Waals surface area contributed by atoms with E-state index in [1.807, 2.05) is 31.1 Å². The summed E-state index contributed by atoms with van der Waals surface area (Å²) in [4.78, 5) is 6.02. The molecule has 1 N–H and O–H groups in total. The number of phenols is 1. The van der Waals surface area contributed by atoms with E-state index in [0.29, 0.717) is 11.5 Å². The van der Waals surface area contributed by atoms with Gasteiger partial charge >= 0.3 is 0 Å². The predicted molar refractivity (Wildman–Crippen MR) is 86.2 cm³/mol. The molecular weight excluding hydrogens is 388 g/mol. The van der Waals surface area contributed by atoms with Crippen LogP contribution in [0.4, 0.5) is 17.2 Å². The number of pyridine rings is 1. The average Bonchev–Trinajstić information content (AvgIpc) is 2.38. The van der Waals surface area contributed by atoms with Gasteiger partial charge in [-0.05, 0) is 50.1 Å². The minimum absolute atomic E-state index is 0.0770. The Balaban J connectivity index is 2.27. The van der Waals surface area contributed by atoms with Crippen molar-refractivity contribution in [1.29, 1.82) is 0 Å². The first kappa shape index (κ1) is 14.9. The highest BCUT2D eigenvalue weighted by molar-refractivity contribution is 9.11. The van der Waals surface area contributed by atoms with Gasteiger partial charge in [0.1, 0.15) is 11.4 Å². The molecule has 2 aromatic rings. The molecule has 0 aliphatic heterocycles. The minimum atomic E-state index is 0.0770. The van der Waals surface area contributed by atoms with Crippen LogP contribution in [-0.2, 0) is 0 Å². The number of benzene rings is 1. The third kappa shape index (κ3) is 3.55. The van der Waals surface area contributed by atoms with Gasteiger partial charge in [0.2, 0.25) is 0 Å². The molecule has 0 unspecified atom stereocenters. The van der Waals surface area contributed by atoms with Crippen molar-refractivity contribution in [3.05, 3.63) is 39.4 Å². The Bertz CT molecular complexity index is 659. The second-order valence-corrected chi connectivity index (χ2v) is 6.00. The number of rotatable bonds is 3. The van der Waals surface area contributed by atoms with Crippen molar-refractivity contribution in [2.75, 3.05) is 19.0 Å². The van der Waals surface area contributed by atoms with Crippen molar-refractivity contribution in [2.45, 2.75) is 0 Å². The van der Waals surface area contributed by atoms with Crippen LogP contribution in [0.3, 0.4) is 0 Å². The van der Waals surface area contributed by atoms with Gasteiger partial charge in [-0.15, -0.1) is 10.2 Å². The Morgan fingerprint density at radius 2 is 1.90 bits per heavy atom. The second-order valence-electron chi connectivity index (χ2n) is 4.23. The third-order valence-corrected chi connectivity index (χ3v) is 3.53. The van der Waals surface area contributed by atoms with Crippen LogP contribution in [0.1, 0.15) is 0 Å². The molecule has 20 heavy (non-hydrogen) atoms. The zero-order valence-electron chi connectivity index (χ0n) is 10.9. The summed E-state index contributed by atoms with van der Waals surface area (Å²) in [6.45, 7) is 0. The van der Waals surface area contributed by atoms with Crippen LogP contribution in [0.15, 0.2) is 49.6 Å². The number of azo groups is 1. The molecular formula is C13H12Br2N4O. The van der Waals surface area contributed by atoms with Gasteiger partial charge in [0, 0.05) is 36.5 Å². The first-order valence-electron chi connectivity index (χ1n) is 5.70. The summed E-state index contributed by atoms with van der Waals surface area (Å²) in [5.41, 5.74) is 1.29. The van der Waals surface area contributed by atoms with E-state index in [-0.39, 0.29) is 5.75 Å². The summed E-state index contributed by atoms with van der Waals surface area (Å²) in [6.07, 6.45) is 1.63. The normalized spacial score (nSPS) is 11.0. The van der Waals surface area contributed by atoms with E-state index in [1.165, 1.54) is 0 Å². The number of halogens is 2. The van der Waals surface area contributed by atoms with Crippen LogP contribution in [0, 0.1) is 0 Å². The summed E-state index contributed by atoms with van der Waals surface area (Å²) in [5.74, 6) is 0.525. The quantitative estimate of drug-likeness (QED) is 0.754. The van der Waals surface area contributed by atoms with Gasteiger partial charge in [0.05, 0.1) is 4.47 Å². The maximum Gasteiger partial charge on any atom is 0.188 e. The van der Waals surface area contributed by atoms with Crippen LogP contribution < -0.4 is 4.90 Å². The van der Waals surface area contributed by atoms with Gasteiger partial charge in [-0.1, -0.05) is 0 Å². The van der Waals surface area contributed by atoms with Crippen LogP contribution >= 0.6 is 31.9 Å². The molecule has 0 aliphatic carbocycles. The van der Waals surface area contributed by atoms with Crippen LogP contribution in [0.2, 0.25) is 0 Å². The number of aromatic nitrogens is 1. The summed E-state index contributed by atoms with van der Waals surface area (Å²) in [6, 6.07) is 7.04. The number of nitrogens with zero attached hydrogens (tertiary/aromatic N) is 4. The van der Waals surface area contributed by atoms with E-state index in [9.17, 15) is 5.11 Å². The Morgan fingerprint density at radius 1 is 1.15 bits per heavy atom. The Labute approximate surface area is 133 Å². The molecule has 0 bridgehead atoms. The van der Waals surface area contributed by atoms with Crippen molar-refractivity contribution in [1.82, 2.24) is 4.98 Å². The molecule has 0 atom stereocenters. The zero-order valence-corrected chi connectivity index (χ0v) is 14.1. The van der Waals surface area contributed by atoms with Crippen LogP contribution in [0.5, 0.6) is 5.75 Å². The van der Waals surface area contributed by atoms with Crippen LogP contribution in [0.25, 0.3) is 0 Å². The van der Waals surface area contributed by atoms with Gasteiger partial charge in [-0.3, -0.25) is 0 Å². The lowest BCUT2D eigenvalue weighted by molar-refractivity contribution is 0.476. The van der Waals surface area contributed by atoms with Gasteiger partial charge in [-0.25, -0.2) is 4.98 Å². The first-order valence-corrected chi connectivity index (χ1v) is 7.29. The number of hydrogen-bond donors (Lipinski definition) is 1. The fourth-order valence-corrected chi connectivity index (χ4v) is 2.52. The maximum absolute atomic E-state index is 9.91. The van der Waals surface area contributed by atoms with Gasteiger partial charge in [-0.2, -0.15) is 0 Å². The number of anilines is 1. The van der Waals surface area contributed by atoms with Crippen molar-refractivity contribution in [3.8, 4) is 5.75 Å². The van der Waals surface area contributed by atoms with Crippen molar-refractivity contribution in [3.63, 3.8) is 0 Å². The summed E-state index contributed by atoms with van der Waals surface area (Å²) < 4.78 is 1.57. The smallest absolute Gasteiger partial charge is 0.188 e. The number of aromatic hydroxyl groups is 1. The molecule has 0 aliphatic rings. The fraction of sp³-hybridized carbons (Fsp3) is 0.154. The van der Waals surface area contributed by atoms with E-state index in [0.717, 1.165) is 14.6 Å². The topological polar surface area (TPSA) is 61.1 Å². The monoisotopic (exact) mass is 398 g/mol. The molecule has 0 spiro atoms. The van der Waals surface area contributed by atoms with Crippen molar-refractivity contribution in [2.24, 2.45) is 10.2 Å². The van der Waals surface area contributed by atoms with Gasteiger partial charge in [0.15, 0.2) is 5.82 Å². The van der Waals surface area contributed by atoms with E-state index >= 15 is 0 Å². The summed E-state index contributed by atoms with van der Waals surface area (Å²) in [7, 11) is 3.80. The summed E-state index contributed by atoms with van der Waals surface area (Å²) >= 11 is 6.67. The van der Waals surface area contributed by atoms with Gasteiger partial charge < -0.3 is 10.0 Å². The SMILES string of the molecule is CN(C)c1ccc(N=Nc2ncc(Br)cc2Br)c(O)c1. The Kier molecular flexibility index (Phi) is 4.72. The largest absolute Gasteiger partial charge is 0.506 e. The lowest BCUT2D eigenvalue weighted by Crippen LogP contribution is -2.07. The standard InChI is InChI=1S/C13H12Br2N4O/c1-19(2)9-3-4-11(12(20)6-9)17-18-13-10(15)5-8(14)7-16-13/h3-7,20H,1-2H3. The highest BCUT2D eigenvalue weighted by atomic mass is 79.9. The summed E-state index contributed by atoms with van der Waals surface area (Å²) in [5, 5.41) is 18.0. The molecule has 1 aromatic carbocycles. The molecule has 2 rings (SSSR count). The molecule has 7 heteroatoms. The highest BCUT2D eigenvalue weighted by Gasteiger charge is 2.05. The fourth-order valence-electron chi connectivity index (χ4n) is 1.46. The first-order chi connectivity index (χ1) is 9.47. The third-order valence-electron chi connectivity index (χ3n) is 2.52. The number of hydrogen-bond acceptors (Lipinski definition) is 5. The molecule has 0 radical (unpaired) electrons. The van der Waals surface area contributed by atoms with E-state index in [4.69, 9.17) is 0 Å². The van der Waals surface area contributed by atoms with E-state index < -0.39 is 0 Å². The van der Waals surface area contributed by atoms with Crippen molar-refractivity contribution >= 4 is 49.1 Å². The lowest BCUT2D eigenvalue weighted by atomic mass is 10.2. The van der Waals surface area contributed by atoms with E-state index in [2.05, 4.69) is 47.1 Å². The Morgan fingerprint density at radius 3 is 2.50 bits per heavy atom. The molecule has 0 saturated carbocycles. The van der Waals surface area contributed by atoms with Gasteiger partial charge in [0.25, 0.3) is 0 Å². The maximum atomic E-state index is 9.91. The zero-order chi connectivity index (χ0) is 14.7. The minimum Gasteiger partial charge on any atom is -0.506 e. The molecule has 104 valence electrons. The predicted octanol–water partition coefficient (Wildman–Crippen LogP) is 4.79. The second kappa shape index (κ2) is 6.32. The molecule has 0 saturated heterocycles. The Hall–Kier alpha value is -1.47. The lowest BCUT2D eigenvalue weighted by Gasteiger charge is -2.12. The number of phenolic OH excluding ortho intramolecular Hbond substituents is 1. The van der Waals surface area contributed by atoms with Crippen LogP contribution in [-0.4, -0.2) is 24.2 Å². The van der Waals surface area contributed by atoms with Crippen molar-refractivity contribution < 1.29 is 5.11 Å². The molecule has 5 nitrogen and oxygen atoms in total. The molecule has 0 amide bonds. The highest BCUT2D eigenvalue weighted by Crippen LogP contribution is 2.33.